The molecule has 2 aromatic carbocycles. The van der Waals surface area contributed by atoms with Crippen molar-refractivity contribution in [2.75, 3.05) is 6.54 Å². The molecule has 0 aliphatic rings. The fourth-order valence-corrected chi connectivity index (χ4v) is 2.96. The van der Waals surface area contributed by atoms with Gasteiger partial charge in [0.25, 0.3) is 0 Å². The standard InChI is InChI=1S/C22H31N3O2/c1-3-19(23)22(27)25-20(13-17-9-5-4-6-10-17)21(26)15-24-14-18-11-7-8-16(2)12-18/h4-12,19-21,24,26H,3,13-15,23H2,1-2H3,(H,25,27)/t19-,20+,21-/m1/s1. The lowest BCUT2D eigenvalue weighted by atomic mass is 10.00. The Bertz CT molecular complexity index is 706. The number of carbonyl (C=O) groups is 1. The van der Waals surface area contributed by atoms with Crippen LogP contribution < -0.4 is 16.4 Å². The summed E-state index contributed by atoms with van der Waals surface area (Å²) in [6, 6.07) is 17.1. The first-order chi connectivity index (χ1) is 13.0. The van der Waals surface area contributed by atoms with E-state index in [1.54, 1.807) is 0 Å². The molecule has 2 aromatic rings. The molecule has 3 atom stereocenters. The fraction of sp³-hybridized carbons (Fsp3) is 0.409. The first-order valence-electron chi connectivity index (χ1n) is 9.53. The zero-order valence-corrected chi connectivity index (χ0v) is 16.2. The Kier molecular flexibility index (Phi) is 8.45. The Balaban J connectivity index is 1.96. The summed E-state index contributed by atoms with van der Waals surface area (Å²) in [5.41, 5.74) is 9.27. The monoisotopic (exact) mass is 369 g/mol. The van der Waals surface area contributed by atoms with E-state index >= 15 is 0 Å². The van der Waals surface area contributed by atoms with Crippen LogP contribution in [0.2, 0.25) is 0 Å². The Morgan fingerprint density at radius 1 is 1.11 bits per heavy atom. The van der Waals surface area contributed by atoms with Gasteiger partial charge in [0, 0.05) is 13.1 Å². The molecule has 0 aliphatic heterocycles. The van der Waals surface area contributed by atoms with Crippen LogP contribution in [0, 0.1) is 6.92 Å². The third kappa shape index (κ3) is 7.13. The molecule has 0 radical (unpaired) electrons. The second-order valence-corrected chi connectivity index (χ2v) is 7.01. The molecule has 5 nitrogen and oxygen atoms in total. The number of aliphatic hydroxyl groups excluding tert-OH is 1. The van der Waals surface area contributed by atoms with Crippen LogP contribution in [0.15, 0.2) is 54.6 Å². The third-order valence-corrected chi connectivity index (χ3v) is 4.63. The molecule has 0 fully saturated rings. The van der Waals surface area contributed by atoms with Crippen molar-refractivity contribution in [3.05, 3.63) is 71.3 Å². The van der Waals surface area contributed by atoms with Gasteiger partial charge in [0.1, 0.15) is 0 Å². The van der Waals surface area contributed by atoms with Gasteiger partial charge >= 0.3 is 0 Å². The second kappa shape index (κ2) is 10.8. The molecule has 27 heavy (non-hydrogen) atoms. The summed E-state index contributed by atoms with van der Waals surface area (Å²) in [6.07, 6.45) is 0.394. The zero-order chi connectivity index (χ0) is 19.6. The maximum Gasteiger partial charge on any atom is 0.237 e. The van der Waals surface area contributed by atoms with E-state index in [2.05, 4.69) is 35.8 Å². The van der Waals surface area contributed by atoms with Crippen LogP contribution in [0.4, 0.5) is 0 Å². The predicted octanol–water partition coefficient (Wildman–Crippen LogP) is 1.91. The molecule has 0 aliphatic carbocycles. The Labute approximate surface area is 162 Å². The molecule has 1 amide bonds. The maximum atomic E-state index is 12.2. The largest absolute Gasteiger partial charge is 0.390 e. The van der Waals surface area contributed by atoms with E-state index in [0.717, 1.165) is 5.56 Å². The third-order valence-electron chi connectivity index (χ3n) is 4.63. The lowest BCUT2D eigenvalue weighted by molar-refractivity contribution is -0.124. The molecule has 0 heterocycles. The summed E-state index contributed by atoms with van der Waals surface area (Å²) >= 11 is 0. The average Bonchev–Trinajstić information content (AvgIpc) is 2.67. The summed E-state index contributed by atoms with van der Waals surface area (Å²) in [4.78, 5) is 12.2. The Hall–Kier alpha value is -2.21. The quantitative estimate of drug-likeness (QED) is 0.515. The summed E-state index contributed by atoms with van der Waals surface area (Å²) in [5, 5.41) is 16.9. The van der Waals surface area contributed by atoms with Crippen molar-refractivity contribution < 1.29 is 9.90 Å². The average molecular weight is 370 g/mol. The predicted molar refractivity (Wildman–Crippen MR) is 109 cm³/mol. The van der Waals surface area contributed by atoms with Crippen LogP contribution in [0.1, 0.15) is 30.0 Å². The summed E-state index contributed by atoms with van der Waals surface area (Å²) < 4.78 is 0. The first kappa shape index (κ1) is 21.1. The molecule has 0 unspecified atom stereocenters. The van der Waals surface area contributed by atoms with Gasteiger partial charge in [-0.05, 0) is 30.9 Å². The smallest absolute Gasteiger partial charge is 0.237 e. The highest BCUT2D eigenvalue weighted by atomic mass is 16.3. The van der Waals surface area contributed by atoms with Crippen molar-refractivity contribution in [2.45, 2.75) is 51.4 Å². The number of rotatable bonds is 10. The lowest BCUT2D eigenvalue weighted by Crippen LogP contribution is -2.52. The van der Waals surface area contributed by atoms with Gasteiger partial charge in [0.2, 0.25) is 5.91 Å². The van der Waals surface area contributed by atoms with Gasteiger partial charge in [0.05, 0.1) is 18.2 Å². The van der Waals surface area contributed by atoms with Gasteiger partial charge in [-0.25, -0.2) is 0 Å². The van der Waals surface area contributed by atoms with E-state index in [-0.39, 0.29) is 5.91 Å². The molecule has 0 saturated heterocycles. The molecule has 0 aromatic heterocycles. The molecule has 2 rings (SSSR count). The number of nitrogens with one attached hydrogen (secondary N) is 2. The van der Waals surface area contributed by atoms with Crippen molar-refractivity contribution in [1.82, 2.24) is 10.6 Å². The molecule has 5 N–H and O–H groups in total. The topological polar surface area (TPSA) is 87.4 Å². The van der Waals surface area contributed by atoms with Gasteiger partial charge in [-0.15, -0.1) is 0 Å². The number of carbonyl (C=O) groups excluding carboxylic acids is 1. The van der Waals surface area contributed by atoms with E-state index in [1.807, 2.05) is 43.3 Å². The number of aryl methyl sites for hydroxylation is 1. The highest BCUT2D eigenvalue weighted by Crippen LogP contribution is 2.08. The van der Waals surface area contributed by atoms with Crippen molar-refractivity contribution in [3.8, 4) is 0 Å². The number of hydrogen-bond acceptors (Lipinski definition) is 4. The SMILES string of the molecule is CC[C@@H](N)C(=O)N[C@@H](Cc1ccccc1)[C@H](O)CNCc1cccc(C)c1. The van der Waals surface area contributed by atoms with Crippen LogP contribution in [0.3, 0.4) is 0 Å². The van der Waals surface area contributed by atoms with E-state index < -0.39 is 18.2 Å². The van der Waals surface area contributed by atoms with E-state index in [1.165, 1.54) is 11.1 Å². The summed E-state index contributed by atoms with van der Waals surface area (Å²) in [5.74, 6) is -0.226. The van der Waals surface area contributed by atoms with Gasteiger partial charge < -0.3 is 21.5 Å². The zero-order valence-electron chi connectivity index (χ0n) is 16.2. The van der Waals surface area contributed by atoms with Crippen molar-refractivity contribution in [3.63, 3.8) is 0 Å². The van der Waals surface area contributed by atoms with Crippen LogP contribution in [-0.2, 0) is 17.8 Å². The lowest BCUT2D eigenvalue weighted by Gasteiger charge is -2.26. The Morgan fingerprint density at radius 2 is 1.81 bits per heavy atom. The van der Waals surface area contributed by atoms with E-state index in [0.29, 0.717) is 25.9 Å². The van der Waals surface area contributed by atoms with Gasteiger partial charge in [-0.1, -0.05) is 67.1 Å². The molecule has 146 valence electrons. The minimum atomic E-state index is -0.719. The van der Waals surface area contributed by atoms with E-state index in [9.17, 15) is 9.90 Å². The molecular formula is C22H31N3O2. The van der Waals surface area contributed by atoms with Crippen molar-refractivity contribution >= 4 is 5.91 Å². The summed E-state index contributed by atoms with van der Waals surface area (Å²) in [7, 11) is 0. The van der Waals surface area contributed by atoms with Gasteiger partial charge in [0.15, 0.2) is 0 Å². The number of benzene rings is 2. The number of aliphatic hydroxyl groups is 1. The maximum absolute atomic E-state index is 12.2. The van der Waals surface area contributed by atoms with Crippen LogP contribution in [-0.4, -0.2) is 35.7 Å². The minimum Gasteiger partial charge on any atom is -0.390 e. The fourth-order valence-electron chi connectivity index (χ4n) is 2.96. The highest BCUT2D eigenvalue weighted by Gasteiger charge is 2.23. The van der Waals surface area contributed by atoms with Crippen LogP contribution in [0.25, 0.3) is 0 Å². The normalized spacial score (nSPS) is 14.4. The second-order valence-electron chi connectivity index (χ2n) is 7.01. The molecule has 5 heteroatoms. The number of amides is 1. The van der Waals surface area contributed by atoms with Crippen LogP contribution in [0.5, 0.6) is 0 Å². The molecule has 0 saturated carbocycles. The van der Waals surface area contributed by atoms with Crippen molar-refractivity contribution in [2.24, 2.45) is 5.73 Å². The summed E-state index contributed by atoms with van der Waals surface area (Å²) in [6.45, 7) is 4.98. The van der Waals surface area contributed by atoms with Crippen LogP contribution >= 0.6 is 0 Å². The van der Waals surface area contributed by atoms with Crippen molar-refractivity contribution in [1.29, 1.82) is 0 Å². The molecular weight excluding hydrogens is 338 g/mol. The Morgan fingerprint density at radius 3 is 2.48 bits per heavy atom. The number of nitrogens with two attached hydrogens (primary N) is 1. The first-order valence-corrected chi connectivity index (χ1v) is 9.53. The van der Waals surface area contributed by atoms with Gasteiger partial charge in [-0.3, -0.25) is 4.79 Å². The minimum absolute atomic E-state index is 0.226. The highest BCUT2D eigenvalue weighted by molar-refractivity contribution is 5.81. The molecule has 0 bridgehead atoms. The van der Waals surface area contributed by atoms with E-state index in [4.69, 9.17) is 5.73 Å². The van der Waals surface area contributed by atoms with Gasteiger partial charge in [-0.2, -0.15) is 0 Å². The number of hydrogen-bond donors (Lipinski definition) is 4. The molecule has 0 spiro atoms.